The van der Waals surface area contributed by atoms with E-state index in [2.05, 4.69) is 30.1 Å². The van der Waals surface area contributed by atoms with Crippen molar-refractivity contribution in [2.24, 2.45) is 5.90 Å². The summed E-state index contributed by atoms with van der Waals surface area (Å²) in [5, 5.41) is 0. The van der Waals surface area contributed by atoms with Gasteiger partial charge in [0.2, 0.25) is 0 Å². The van der Waals surface area contributed by atoms with Crippen molar-refractivity contribution in [3.05, 3.63) is 60.7 Å². The number of imidazole rings is 1. The molecular formula is C21H29N3O3. The van der Waals surface area contributed by atoms with Crippen molar-refractivity contribution >= 4 is 11.5 Å². The first-order valence-corrected chi connectivity index (χ1v) is 9.13. The molecule has 0 aliphatic heterocycles. The Morgan fingerprint density at radius 2 is 2.00 bits per heavy atom. The Morgan fingerprint density at radius 1 is 1.30 bits per heavy atom. The fourth-order valence-corrected chi connectivity index (χ4v) is 2.82. The van der Waals surface area contributed by atoms with E-state index < -0.39 is 17.7 Å². The Bertz CT molecular complexity index is 734. The van der Waals surface area contributed by atoms with E-state index in [1.54, 1.807) is 12.5 Å². The Hall–Kier alpha value is -2.44. The van der Waals surface area contributed by atoms with Gasteiger partial charge in [0.1, 0.15) is 5.60 Å². The van der Waals surface area contributed by atoms with Gasteiger partial charge in [0, 0.05) is 12.4 Å². The van der Waals surface area contributed by atoms with Gasteiger partial charge in [0.25, 0.3) is 0 Å². The van der Waals surface area contributed by atoms with Crippen LogP contribution in [0.25, 0.3) is 5.57 Å². The van der Waals surface area contributed by atoms with Gasteiger partial charge in [-0.15, -0.1) is 0 Å². The van der Waals surface area contributed by atoms with Gasteiger partial charge in [0.05, 0.1) is 12.4 Å². The van der Waals surface area contributed by atoms with Crippen LogP contribution in [0.1, 0.15) is 52.1 Å². The van der Waals surface area contributed by atoms with E-state index in [9.17, 15) is 4.79 Å². The molecule has 0 saturated heterocycles. The molecule has 1 aromatic carbocycles. The molecule has 0 amide bonds. The molecule has 1 heterocycles. The molecule has 27 heavy (non-hydrogen) atoms. The summed E-state index contributed by atoms with van der Waals surface area (Å²) >= 11 is 0. The molecule has 6 nitrogen and oxygen atoms in total. The zero-order valence-corrected chi connectivity index (χ0v) is 16.5. The number of hydrogen-bond acceptors (Lipinski definition) is 5. The molecule has 0 aliphatic carbocycles. The second kappa shape index (κ2) is 9.48. The predicted molar refractivity (Wildman–Crippen MR) is 105 cm³/mol. The maximum atomic E-state index is 12.2. The minimum absolute atomic E-state index is 0.105. The Kier molecular flexibility index (Phi) is 7.33. The normalized spacial score (nSPS) is 14.6. The van der Waals surface area contributed by atoms with Crippen LogP contribution in [0.3, 0.4) is 0 Å². The van der Waals surface area contributed by atoms with Crippen molar-refractivity contribution < 1.29 is 14.4 Å². The summed E-state index contributed by atoms with van der Waals surface area (Å²) in [5.74, 6) is 4.88. The third-order valence-electron chi connectivity index (χ3n) is 4.16. The molecule has 1 aromatic heterocycles. The van der Waals surface area contributed by atoms with Crippen LogP contribution in [-0.4, -0.2) is 27.2 Å². The zero-order valence-electron chi connectivity index (χ0n) is 16.5. The fraction of sp³-hybridized carbons (Fsp3) is 0.429. The highest BCUT2D eigenvalue weighted by molar-refractivity contribution is 5.75. The standard InChI is InChI=1S/C21H29N3O3/c1-16(24-14-13-23-15-24)18(17-9-6-5-7-10-17)11-8-12-19(27-22)20(25)26-21(2,3)4/h5-7,9-11,13-16,19H,8,12,22H2,1-4H3/b18-11+. The molecule has 146 valence electrons. The molecule has 0 spiro atoms. The lowest BCUT2D eigenvalue weighted by atomic mass is 9.97. The van der Waals surface area contributed by atoms with E-state index >= 15 is 0 Å². The molecule has 0 radical (unpaired) electrons. The lowest BCUT2D eigenvalue weighted by Gasteiger charge is -2.23. The first kappa shape index (κ1) is 20.9. The molecule has 2 unspecified atom stereocenters. The highest BCUT2D eigenvalue weighted by atomic mass is 16.7. The third-order valence-corrected chi connectivity index (χ3v) is 4.16. The SMILES string of the molecule is CC(/C(=C\CCC(ON)C(=O)OC(C)(C)C)c1ccccc1)n1ccnc1. The Morgan fingerprint density at radius 3 is 2.56 bits per heavy atom. The maximum absolute atomic E-state index is 12.2. The zero-order chi connectivity index (χ0) is 19.9. The molecule has 0 aliphatic rings. The molecule has 2 aromatic rings. The van der Waals surface area contributed by atoms with Gasteiger partial charge in [-0.3, -0.25) is 4.84 Å². The predicted octanol–water partition coefficient (Wildman–Crippen LogP) is 3.91. The number of nitrogens with two attached hydrogens (primary N) is 1. The number of carbonyl (C=O) groups is 1. The average molecular weight is 371 g/mol. The smallest absolute Gasteiger partial charge is 0.337 e. The van der Waals surface area contributed by atoms with E-state index in [1.165, 1.54) is 0 Å². The maximum Gasteiger partial charge on any atom is 0.337 e. The van der Waals surface area contributed by atoms with Crippen molar-refractivity contribution in [1.82, 2.24) is 9.55 Å². The highest BCUT2D eigenvalue weighted by Crippen LogP contribution is 2.28. The molecule has 6 heteroatoms. The second-order valence-electron chi connectivity index (χ2n) is 7.45. The molecule has 2 atom stereocenters. The average Bonchev–Trinajstić information content (AvgIpc) is 3.15. The van der Waals surface area contributed by atoms with Crippen molar-refractivity contribution in [1.29, 1.82) is 0 Å². The minimum atomic E-state index is -0.791. The molecule has 0 bridgehead atoms. The Balaban J connectivity index is 2.13. The number of aromatic nitrogens is 2. The molecule has 0 fully saturated rings. The number of hydrogen-bond donors (Lipinski definition) is 1. The van der Waals surface area contributed by atoms with Crippen LogP contribution in [-0.2, 0) is 14.4 Å². The first-order chi connectivity index (χ1) is 12.8. The van der Waals surface area contributed by atoms with Crippen molar-refractivity contribution in [3.8, 4) is 0 Å². The van der Waals surface area contributed by atoms with Gasteiger partial charge >= 0.3 is 5.97 Å². The summed E-state index contributed by atoms with van der Waals surface area (Å²) < 4.78 is 7.41. The summed E-state index contributed by atoms with van der Waals surface area (Å²) in [6, 6.07) is 10.3. The number of rotatable bonds is 8. The van der Waals surface area contributed by atoms with Gasteiger partial charge in [-0.1, -0.05) is 36.4 Å². The molecule has 2 rings (SSSR count). The monoisotopic (exact) mass is 371 g/mol. The fourth-order valence-electron chi connectivity index (χ4n) is 2.82. The van der Waals surface area contributed by atoms with Gasteiger partial charge in [-0.25, -0.2) is 15.7 Å². The van der Waals surface area contributed by atoms with Crippen LogP contribution in [0.15, 0.2) is 55.1 Å². The molecule has 2 N–H and O–H groups in total. The van der Waals surface area contributed by atoms with Crippen LogP contribution >= 0.6 is 0 Å². The van der Waals surface area contributed by atoms with E-state index in [-0.39, 0.29) is 6.04 Å². The summed E-state index contributed by atoms with van der Waals surface area (Å²) in [6.45, 7) is 7.57. The number of ether oxygens (including phenoxy) is 1. The van der Waals surface area contributed by atoms with E-state index in [1.807, 2.05) is 49.7 Å². The van der Waals surface area contributed by atoms with E-state index in [0.717, 1.165) is 11.1 Å². The largest absolute Gasteiger partial charge is 0.458 e. The summed E-state index contributed by atoms with van der Waals surface area (Å²) in [7, 11) is 0. The van der Waals surface area contributed by atoms with Crippen LogP contribution < -0.4 is 5.90 Å². The van der Waals surface area contributed by atoms with Crippen LogP contribution in [0.4, 0.5) is 0 Å². The quantitative estimate of drug-likeness (QED) is 0.562. The first-order valence-electron chi connectivity index (χ1n) is 9.13. The van der Waals surface area contributed by atoms with Gasteiger partial charge in [-0.2, -0.15) is 0 Å². The number of carbonyl (C=O) groups excluding carboxylic acids is 1. The van der Waals surface area contributed by atoms with Crippen LogP contribution in [0.2, 0.25) is 0 Å². The second-order valence-corrected chi connectivity index (χ2v) is 7.45. The summed E-state index contributed by atoms with van der Waals surface area (Å²) in [4.78, 5) is 21.2. The van der Waals surface area contributed by atoms with Crippen molar-refractivity contribution in [3.63, 3.8) is 0 Å². The number of esters is 1. The Labute approximate surface area is 160 Å². The van der Waals surface area contributed by atoms with Crippen LogP contribution in [0, 0.1) is 0 Å². The van der Waals surface area contributed by atoms with E-state index in [4.69, 9.17) is 15.5 Å². The van der Waals surface area contributed by atoms with Crippen molar-refractivity contribution in [2.45, 2.75) is 58.3 Å². The lowest BCUT2D eigenvalue weighted by Crippen LogP contribution is -2.35. The minimum Gasteiger partial charge on any atom is -0.458 e. The third kappa shape index (κ3) is 6.34. The summed E-state index contributed by atoms with van der Waals surface area (Å²) in [6.07, 6.45) is 7.90. The van der Waals surface area contributed by atoms with E-state index in [0.29, 0.717) is 12.8 Å². The molecule has 0 saturated carbocycles. The molecular weight excluding hydrogens is 342 g/mol. The van der Waals surface area contributed by atoms with Gasteiger partial charge < -0.3 is 9.30 Å². The topological polar surface area (TPSA) is 79.4 Å². The lowest BCUT2D eigenvalue weighted by molar-refractivity contribution is -0.169. The van der Waals surface area contributed by atoms with Crippen LogP contribution in [0.5, 0.6) is 0 Å². The number of nitrogens with zero attached hydrogens (tertiary/aromatic N) is 2. The summed E-state index contributed by atoms with van der Waals surface area (Å²) in [5.41, 5.74) is 1.70. The van der Waals surface area contributed by atoms with Gasteiger partial charge in [0.15, 0.2) is 6.10 Å². The van der Waals surface area contributed by atoms with Gasteiger partial charge in [-0.05, 0) is 51.7 Å². The number of allylic oxidation sites excluding steroid dienone is 2. The van der Waals surface area contributed by atoms with Crippen molar-refractivity contribution in [2.75, 3.05) is 0 Å². The highest BCUT2D eigenvalue weighted by Gasteiger charge is 2.25. The number of benzene rings is 1.